The Balaban J connectivity index is 2.01. The molecular formula is C15H17N3O2S. The van der Waals surface area contributed by atoms with Crippen molar-refractivity contribution in [3.05, 3.63) is 47.0 Å². The fourth-order valence-corrected chi connectivity index (χ4v) is 2.53. The van der Waals surface area contributed by atoms with Crippen LogP contribution in [0.3, 0.4) is 0 Å². The first-order valence-electron chi connectivity index (χ1n) is 6.51. The molecule has 21 heavy (non-hydrogen) atoms. The number of hydrogen-bond acceptors (Lipinski definition) is 4. The maximum absolute atomic E-state index is 12.2. The molecule has 0 atom stereocenters. The van der Waals surface area contributed by atoms with Gasteiger partial charge in [-0.05, 0) is 18.1 Å². The molecule has 0 bridgehead atoms. The van der Waals surface area contributed by atoms with E-state index in [-0.39, 0.29) is 12.5 Å². The van der Waals surface area contributed by atoms with Crippen LogP contribution in [0.1, 0.15) is 11.1 Å². The second-order valence-electron chi connectivity index (χ2n) is 4.70. The minimum absolute atomic E-state index is 0.0356. The van der Waals surface area contributed by atoms with Crippen LogP contribution in [-0.4, -0.2) is 35.8 Å². The van der Waals surface area contributed by atoms with Crippen LogP contribution >= 0.6 is 11.3 Å². The predicted octanol–water partition coefficient (Wildman–Crippen LogP) is 2.07. The number of anilines is 1. The highest BCUT2D eigenvalue weighted by molar-refractivity contribution is 7.13. The van der Waals surface area contributed by atoms with Gasteiger partial charge in [0.2, 0.25) is 12.3 Å². The minimum atomic E-state index is -0.161. The Morgan fingerprint density at radius 1 is 1.38 bits per heavy atom. The van der Waals surface area contributed by atoms with Crippen molar-refractivity contribution >= 4 is 28.8 Å². The van der Waals surface area contributed by atoms with Crippen LogP contribution < -0.4 is 4.90 Å². The number of carbonyl (C=O) groups is 2. The van der Waals surface area contributed by atoms with Crippen molar-refractivity contribution < 1.29 is 9.59 Å². The van der Waals surface area contributed by atoms with Gasteiger partial charge >= 0.3 is 0 Å². The lowest BCUT2D eigenvalue weighted by molar-refractivity contribution is -0.126. The number of carbonyl (C=O) groups excluding carboxylic acids is 2. The SMILES string of the molecule is Cc1ccccc1CN(C=O)CC(=O)N(C)c1nccs1. The van der Waals surface area contributed by atoms with Crippen LogP contribution in [0.25, 0.3) is 0 Å². The summed E-state index contributed by atoms with van der Waals surface area (Å²) in [6, 6.07) is 7.82. The summed E-state index contributed by atoms with van der Waals surface area (Å²) in [5.41, 5.74) is 2.14. The Kier molecular flexibility index (Phi) is 5.05. The minimum Gasteiger partial charge on any atom is -0.332 e. The van der Waals surface area contributed by atoms with Crippen LogP contribution in [0, 0.1) is 6.92 Å². The topological polar surface area (TPSA) is 53.5 Å². The summed E-state index contributed by atoms with van der Waals surface area (Å²) in [5, 5.41) is 2.44. The third-order valence-corrected chi connectivity index (χ3v) is 4.05. The van der Waals surface area contributed by atoms with Crippen LogP contribution in [-0.2, 0) is 16.1 Å². The third-order valence-electron chi connectivity index (χ3n) is 3.20. The van der Waals surface area contributed by atoms with Gasteiger partial charge < -0.3 is 4.90 Å². The molecule has 0 fully saturated rings. The number of aromatic nitrogens is 1. The standard InChI is InChI=1S/C15H17N3O2S/c1-12-5-3-4-6-13(12)9-18(11-19)10-14(20)17(2)15-16-7-8-21-15/h3-8,11H,9-10H2,1-2H3. The molecule has 1 heterocycles. The maximum atomic E-state index is 12.2. The average Bonchev–Trinajstić information content (AvgIpc) is 3.02. The Morgan fingerprint density at radius 2 is 2.14 bits per heavy atom. The van der Waals surface area contributed by atoms with Gasteiger partial charge in [-0.25, -0.2) is 4.98 Å². The number of amides is 2. The van der Waals surface area contributed by atoms with Gasteiger partial charge in [0.25, 0.3) is 0 Å². The van der Waals surface area contributed by atoms with Crippen LogP contribution in [0.15, 0.2) is 35.8 Å². The zero-order valence-electron chi connectivity index (χ0n) is 12.0. The predicted molar refractivity (Wildman–Crippen MR) is 83.2 cm³/mol. The molecule has 0 aliphatic heterocycles. The van der Waals surface area contributed by atoms with Gasteiger partial charge in [-0.15, -0.1) is 11.3 Å². The highest BCUT2D eigenvalue weighted by Gasteiger charge is 2.16. The highest BCUT2D eigenvalue weighted by Crippen LogP contribution is 2.16. The van der Waals surface area contributed by atoms with Crippen molar-refractivity contribution in [1.82, 2.24) is 9.88 Å². The lowest BCUT2D eigenvalue weighted by atomic mass is 10.1. The second-order valence-corrected chi connectivity index (χ2v) is 5.58. The van der Waals surface area contributed by atoms with Gasteiger partial charge in [0.15, 0.2) is 5.13 Å². The summed E-state index contributed by atoms with van der Waals surface area (Å²) in [4.78, 5) is 30.4. The van der Waals surface area contributed by atoms with Gasteiger partial charge in [0, 0.05) is 25.2 Å². The molecule has 0 aliphatic carbocycles. The second kappa shape index (κ2) is 6.99. The highest BCUT2D eigenvalue weighted by atomic mass is 32.1. The van der Waals surface area contributed by atoms with Crippen LogP contribution in [0.2, 0.25) is 0 Å². The quantitative estimate of drug-likeness (QED) is 0.768. The summed E-state index contributed by atoms with van der Waals surface area (Å²) in [5.74, 6) is -0.161. The van der Waals surface area contributed by atoms with Crippen molar-refractivity contribution in [3.63, 3.8) is 0 Å². The largest absolute Gasteiger partial charge is 0.332 e. The zero-order valence-corrected chi connectivity index (χ0v) is 12.8. The molecule has 110 valence electrons. The Labute approximate surface area is 127 Å². The molecule has 0 unspecified atom stereocenters. The molecule has 0 spiro atoms. The van der Waals surface area contributed by atoms with Gasteiger partial charge in [-0.3, -0.25) is 14.5 Å². The smallest absolute Gasteiger partial charge is 0.248 e. The number of benzene rings is 1. The summed E-state index contributed by atoms with van der Waals surface area (Å²) in [6.45, 7) is 2.45. The van der Waals surface area contributed by atoms with Gasteiger partial charge in [-0.2, -0.15) is 0 Å². The van der Waals surface area contributed by atoms with E-state index >= 15 is 0 Å². The fourth-order valence-electron chi connectivity index (χ4n) is 1.90. The number of nitrogens with zero attached hydrogens (tertiary/aromatic N) is 3. The molecule has 0 saturated carbocycles. The van der Waals surface area contributed by atoms with E-state index in [9.17, 15) is 9.59 Å². The van der Waals surface area contributed by atoms with Gasteiger partial charge in [0.1, 0.15) is 6.54 Å². The van der Waals surface area contributed by atoms with E-state index in [0.29, 0.717) is 18.1 Å². The fraction of sp³-hybridized carbons (Fsp3) is 0.267. The van der Waals surface area contributed by atoms with E-state index in [2.05, 4.69) is 4.98 Å². The first kappa shape index (κ1) is 15.2. The lowest BCUT2D eigenvalue weighted by Gasteiger charge is -2.21. The molecular weight excluding hydrogens is 286 g/mol. The number of aryl methyl sites for hydroxylation is 1. The Morgan fingerprint density at radius 3 is 2.76 bits per heavy atom. The van der Waals surface area contributed by atoms with E-state index in [0.717, 1.165) is 11.1 Å². The molecule has 6 heteroatoms. The zero-order chi connectivity index (χ0) is 15.2. The molecule has 2 aromatic rings. The summed E-state index contributed by atoms with van der Waals surface area (Å²) in [6.07, 6.45) is 2.36. The maximum Gasteiger partial charge on any atom is 0.248 e. The van der Waals surface area contributed by atoms with Gasteiger partial charge in [0.05, 0.1) is 0 Å². The average molecular weight is 303 g/mol. The number of thiazole rings is 1. The molecule has 2 amide bonds. The van der Waals surface area contributed by atoms with E-state index in [4.69, 9.17) is 0 Å². The van der Waals surface area contributed by atoms with Crippen molar-refractivity contribution in [2.45, 2.75) is 13.5 Å². The molecule has 1 aromatic carbocycles. The summed E-state index contributed by atoms with van der Waals surface area (Å²) >= 11 is 1.39. The van der Waals surface area contributed by atoms with Crippen molar-refractivity contribution in [1.29, 1.82) is 0 Å². The Bertz CT molecular complexity index is 613. The molecule has 1 aromatic heterocycles. The molecule has 0 radical (unpaired) electrons. The summed E-state index contributed by atoms with van der Waals surface area (Å²) in [7, 11) is 1.66. The third kappa shape index (κ3) is 3.88. The number of hydrogen-bond donors (Lipinski definition) is 0. The molecule has 0 N–H and O–H groups in total. The van der Waals surface area contributed by atoms with E-state index in [1.807, 2.05) is 36.6 Å². The summed E-state index contributed by atoms with van der Waals surface area (Å²) < 4.78 is 0. The number of likely N-dealkylation sites (N-methyl/N-ethyl adjacent to an activating group) is 1. The van der Waals surface area contributed by atoms with E-state index < -0.39 is 0 Å². The van der Waals surface area contributed by atoms with Crippen LogP contribution in [0.5, 0.6) is 0 Å². The van der Waals surface area contributed by atoms with E-state index in [1.54, 1.807) is 13.2 Å². The van der Waals surface area contributed by atoms with Crippen molar-refractivity contribution in [2.24, 2.45) is 0 Å². The first-order valence-corrected chi connectivity index (χ1v) is 7.39. The molecule has 0 saturated heterocycles. The van der Waals surface area contributed by atoms with Gasteiger partial charge in [-0.1, -0.05) is 24.3 Å². The van der Waals surface area contributed by atoms with Crippen LogP contribution in [0.4, 0.5) is 5.13 Å². The normalized spacial score (nSPS) is 10.2. The Hall–Kier alpha value is -2.21. The lowest BCUT2D eigenvalue weighted by Crippen LogP contribution is -2.37. The first-order chi connectivity index (χ1) is 10.1. The molecule has 2 rings (SSSR count). The monoisotopic (exact) mass is 303 g/mol. The van der Waals surface area contributed by atoms with E-state index in [1.165, 1.54) is 21.1 Å². The molecule has 0 aliphatic rings. The number of rotatable bonds is 6. The molecule has 5 nitrogen and oxygen atoms in total. The van der Waals surface area contributed by atoms with Crippen molar-refractivity contribution in [3.8, 4) is 0 Å². The van der Waals surface area contributed by atoms with Crippen molar-refractivity contribution in [2.75, 3.05) is 18.5 Å².